The van der Waals surface area contributed by atoms with Crippen LogP contribution in [-0.4, -0.2) is 34.7 Å². The summed E-state index contributed by atoms with van der Waals surface area (Å²) in [6, 6.07) is 16.6. The highest BCUT2D eigenvalue weighted by atomic mass is 16.5. The molecule has 1 aromatic heterocycles. The Bertz CT molecular complexity index is 1200. The zero-order chi connectivity index (χ0) is 23.5. The van der Waals surface area contributed by atoms with E-state index in [1.807, 2.05) is 37.3 Å². The topological polar surface area (TPSA) is 106 Å². The van der Waals surface area contributed by atoms with Crippen molar-refractivity contribution in [3.05, 3.63) is 94.9 Å². The molecule has 33 heavy (non-hydrogen) atoms. The number of carbonyl (C=O) groups is 4. The highest BCUT2D eigenvalue weighted by Gasteiger charge is 2.36. The van der Waals surface area contributed by atoms with Gasteiger partial charge < -0.3 is 14.5 Å². The van der Waals surface area contributed by atoms with E-state index in [-0.39, 0.29) is 29.3 Å². The van der Waals surface area contributed by atoms with Crippen LogP contribution in [0.4, 0.5) is 0 Å². The van der Waals surface area contributed by atoms with Crippen LogP contribution >= 0.6 is 0 Å². The fraction of sp³-hybridized carbons (Fsp3) is 0.200. The van der Waals surface area contributed by atoms with Crippen molar-refractivity contribution in [1.29, 1.82) is 0 Å². The molecule has 0 bridgehead atoms. The van der Waals surface area contributed by atoms with Crippen molar-refractivity contribution < 1.29 is 28.3 Å². The molecule has 168 valence electrons. The van der Waals surface area contributed by atoms with Gasteiger partial charge in [0.2, 0.25) is 0 Å². The highest BCUT2D eigenvalue weighted by Crippen LogP contribution is 2.26. The molecule has 0 fully saturated rings. The average Bonchev–Trinajstić information content (AvgIpc) is 3.42. The molecule has 3 aromatic rings. The van der Waals surface area contributed by atoms with Gasteiger partial charge in [-0.15, -0.1) is 0 Å². The van der Waals surface area contributed by atoms with Crippen LogP contribution < -0.4 is 5.32 Å². The van der Waals surface area contributed by atoms with Crippen LogP contribution in [0.25, 0.3) is 0 Å². The van der Waals surface area contributed by atoms with E-state index in [0.717, 1.165) is 10.5 Å². The number of benzene rings is 2. The monoisotopic (exact) mass is 446 g/mol. The maximum Gasteiger partial charge on any atom is 0.338 e. The van der Waals surface area contributed by atoms with Gasteiger partial charge >= 0.3 is 5.97 Å². The summed E-state index contributed by atoms with van der Waals surface area (Å²) >= 11 is 0. The Morgan fingerprint density at radius 2 is 1.70 bits per heavy atom. The van der Waals surface area contributed by atoms with Crippen molar-refractivity contribution in [3.63, 3.8) is 0 Å². The van der Waals surface area contributed by atoms with Gasteiger partial charge in [-0.25, -0.2) is 4.79 Å². The second kappa shape index (κ2) is 9.12. The first kappa shape index (κ1) is 22.0. The minimum atomic E-state index is -1.05. The second-order valence-electron chi connectivity index (χ2n) is 7.72. The summed E-state index contributed by atoms with van der Waals surface area (Å²) in [6.45, 7) is 3.30. The minimum Gasteiger partial charge on any atom is -0.467 e. The van der Waals surface area contributed by atoms with Gasteiger partial charge in [0.15, 0.2) is 6.10 Å². The molecule has 4 rings (SSSR count). The number of ether oxygens (including phenoxy) is 1. The number of imide groups is 1. The number of furan rings is 1. The lowest BCUT2D eigenvalue weighted by Gasteiger charge is -2.18. The zero-order valence-corrected chi connectivity index (χ0v) is 18.1. The van der Waals surface area contributed by atoms with Crippen LogP contribution in [0.1, 0.15) is 62.3 Å². The van der Waals surface area contributed by atoms with E-state index in [4.69, 9.17) is 9.15 Å². The van der Waals surface area contributed by atoms with Gasteiger partial charge in [-0.1, -0.05) is 30.3 Å². The molecule has 2 heterocycles. The molecule has 0 spiro atoms. The molecule has 8 nitrogen and oxygen atoms in total. The van der Waals surface area contributed by atoms with Gasteiger partial charge in [0.1, 0.15) is 5.76 Å². The Kier molecular flexibility index (Phi) is 6.08. The predicted molar refractivity (Wildman–Crippen MR) is 117 cm³/mol. The molecule has 0 saturated heterocycles. The van der Waals surface area contributed by atoms with Gasteiger partial charge in [0, 0.05) is 0 Å². The quantitative estimate of drug-likeness (QED) is 0.440. The molecule has 0 saturated carbocycles. The van der Waals surface area contributed by atoms with Crippen molar-refractivity contribution >= 4 is 23.7 Å². The van der Waals surface area contributed by atoms with Crippen LogP contribution in [0.2, 0.25) is 0 Å². The molecule has 3 amide bonds. The summed E-state index contributed by atoms with van der Waals surface area (Å²) in [5.41, 5.74) is 1.30. The normalized spacial score (nSPS) is 14.5. The van der Waals surface area contributed by atoms with Crippen molar-refractivity contribution in [3.8, 4) is 0 Å². The molecule has 2 aromatic carbocycles. The summed E-state index contributed by atoms with van der Waals surface area (Å²) in [4.78, 5) is 51.5. The first-order chi connectivity index (χ1) is 15.8. The number of esters is 1. The maximum atomic E-state index is 12.7. The van der Waals surface area contributed by atoms with Crippen molar-refractivity contribution in [2.24, 2.45) is 0 Å². The second-order valence-corrected chi connectivity index (χ2v) is 7.72. The number of nitrogens with zero attached hydrogens (tertiary/aromatic N) is 1. The lowest BCUT2D eigenvalue weighted by atomic mass is 10.1. The Balaban J connectivity index is 1.41. The van der Waals surface area contributed by atoms with Crippen molar-refractivity contribution in [2.75, 3.05) is 0 Å². The number of hydrogen-bond donors (Lipinski definition) is 1. The van der Waals surface area contributed by atoms with E-state index in [1.54, 1.807) is 12.1 Å². The first-order valence-electron chi connectivity index (χ1n) is 10.4. The molecule has 2 unspecified atom stereocenters. The van der Waals surface area contributed by atoms with Gasteiger partial charge in [-0.3, -0.25) is 19.3 Å². The zero-order valence-electron chi connectivity index (χ0n) is 18.1. The number of fused-ring (bicyclic) bond motifs is 1. The van der Waals surface area contributed by atoms with Crippen LogP contribution in [0.15, 0.2) is 71.3 Å². The van der Waals surface area contributed by atoms with Crippen LogP contribution in [-0.2, 0) is 16.1 Å². The summed E-state index contributed by atoms with van der Waals surface area (Å²) in [6.07, 6.45) is 0.407. The minimum absolute atomic E-state index is 0.00404. The average molecular weight is 446 g/mol. The Labute approximate surface area is 190 Å². The fourth-order valence-electron chi connectivity index (χ4n) is 3.56. The predicted octanol–water partition coefficient (Wildman–Crippen LogP) is 3.50. The number of nitrogens with one attached hydrogen (secondary N) is 1. The third kappa shape index (κ3) is 4.55. The number of hydrogen-bond acceptors (Lipinski definition) is 6. The summed E-state index contributed by atoms with van der Waals surface area (Å²) in [5.74, 6) is -1.74. The standard InChI is InChI=1S/C25H22N2O6/c1-15(17-7-4-3-5-8-17)26-22(28)16(2)33-25(31)18-10-11-20-21(13-18)24(30)27(23(20)29)14-19-9-6-12-32-19/h3-13,15-16H,14H2,1-2H3,(H,26,28). The van der Waals surface area contributed by atoms with E-state index < -0.39 is 29.8 Å². The number of carbonyl (C=O) groups excluding carboxylic acids is 4. The highest BCUT2D eigenvalue weighted by molar-refractivity contribution is 6.21. The van der Waals surface area contributed by atoms with Crippen molar-refractivity contribution in [2.45, 2.75) is 32.5 Å². The summed E-state index contributed by atoms with van der Waals surface area (Å²) < 4.78 is 10.5. The first-order valence-corrected chi connectivity index (χ1v) is 10.4. The lowest BCUT2D eigenvalue weighted by molar-refractivity contribution is -0.129. The van der Waals surface area contributed by atoms with Crippen LogP contribution in [0.5, 0.6) is 0 Å². The summed E-state index contributed by atoms with van der Waals surface area (Å²) in [5, 5.41) is 2.80. The molecular formula is C25H22N2O6. The lowest BCUT2D eigenvalue weighted by Crippen LogP contribution is -2.37. The summed E-state index contributed by atoms with van der Waals surface area (Å²) in [7, 11) is 0. The number of amides is 3. The third-order valence-electron chi connectivity index (χ3n) is 5.41. The number of rotatable bonds is 7. The van der Waals surface area contributed by atoms with Crippen molar-refractivity contribution in [1.82, 2.24) is 10.2 Å². The van der Waals surface area contributed by atoms with Gasteiger partial charge in [0.25, 0.3) is 17.7 Å². The third-order valence-corrected chi connectivity index (χ3v) is 5.41. The van der Waals surface area contributed by atoms with Gasteiger partial charge in [-0.2, -0.15) is 0 Å². The van der Waals surface area contributed by atoms with E-state index in [0.29, 0.717) is 5.76 Å². The fourth-order valence-corrected chi connectivity index (χ4v) is 3.56. The molecule has 0 radical (unpaired) electrons. The molecular weight excluding hydrogens is 424 g/mol. The molecule has 2 atom stereocenters. The van der Waals surface area contributed by atoms with E-state index in [1.165, 1.54) is 31.4 Å². The van der Waals surface area contributed by atoms with E-state index in [2.05, 4.69) is 5.32 Å². The smallest absolute Gasteiger partial charge is 0.338 e. The largest absolute Gasteiger partial charge is 0.467 e. The van der Waals surface area contributed by atoms with Gasteiger partial charge in [0.05, 0.1) is 35.5 Å². The Hall–Kier alpha value is -4.20. The van der Waals surface area contributed by atoms with Gasteiger partial charge in [-0.05, 0) is 49.7 Å². The Morgan fingerprint density at radius 3 is 2.39 bits per heavy atom. The van der Waals surface area contributed by atoms with E-state index >= 15 is 0 Å². The SMILES string of the molecule is CC(OC(=O)c1ccc2c(c1)C(=O)N(Cc1ccco1)C2=O)C(=O)NC(C)c1ccccc1. The molecule has 1 N–H and O–H groups in total. The van der Waals surface area contributed by atoms with Crippen LogP contribution in [0, 0.1) is 0 Å². The molecule has 8 heteroatoms. The molecule has 1 aliphatic heterocycles. The molecule has 1 aliphatic rings. The molecule has 0 aliphatic carbocycles. The van der Waals surface area contributed by atoms with Crippen LogP contribution in [0.3, 0.4) is 0 Å². The maximum absolute atomic E-state index is 12.7. The van der Waals surface area contributed by atoms with E-state index in [9.17, 15) is 19.2 Å². The Morgan fingerprint density at radius 1 is 0.970 bits per heavy atom.